The lowest BCUT2D eigenvalue weighted by Crippen LogP contribution is -2.47. The largest absolute Gasteiger partial charge is 0.495 e. The molecule has 2 N–H and O–H groups in total. The molecule has 1 heterocycles. The minimum Gasteiger partial charge on any atom is -0.495 e. The van der Waals surface area contributed by atoms with Gasteiger partial charge in [-0.05, 0) is 61.4 Å². The summed E-state index contributed by atoms with van der Waals surface area (Å²) in [4.78, 5) is 30.9. The van der Waals surface area contributed by atoms with Crippen molar-refractivity contribution in [3.05, 3.63) is 83.7 Å². The van der Waals surface area contributed by atoms with E-state index in [9.17, 15) is 14.0 Å². The number of hydrogen-bond donors (Lipinski definition) is 2. The first-order chi connectivity index (χ1) is 19.0. The third-order valence-corrected chi connectivity index (χ3v) is 7.57. The fourth-order valence-corrected chi connectivity index (χ4v) is 5.49. The first-order valence-electron chi connectivity index (χ1n) is 13.7. The van der Waals surface area contributed by atoms with E-state index in [1.165, 1.54) is 24.6 Å². The molecular formula is C31H35FN4O3. The summed E-state index contributed by atoms with van der Waals surface area (Å²) in [5.74, 6) is -0.188. The summed E-state index contributed by atoms with van der Waals surface area (Å²) in [6.45, 7) is 3.03. The highest BCUT2D eigenvalue weighted by atomic mass is 19.1. The zero-order valence-corrected chi connectivity index (χ0v) is 22.3. The molecule has 2 fully saturated rings. The van der Waals surface area contributed by atoms with Crippen molar-refractivity contribution in [3.8, 4) is 5.75 Å². The number of nitrogens with zero attached hydrogens (tertiary/aromatic N) is 2. The van der Waals surface area contributed by atoms with Gasteiger partial charge in [-0.2, -0.15) is 0 Å². The molecule has 5 rings (SSSR count). The normalized spacial score (nSPS) is 16.1. The molecule has 2 amide bonds. The Labute approximate surface area is 228 Å². The van der Waals surface area contributed by atoms with E-state index in [1.807, 2.05) is 24.3 Å². The van der Waals surface area contributed by atoms with E-state index in [4.69, 9.17) is 4.74 Å². The summed E-state index contributed by atoms with van der Waals surface area (Å²) in [5, 5.41) is 6.06. The molecule has 1 aliphatic heterocycles. The highest BCUT2D eigenvalue weighted by Crippen LogP contribution is 2.31. The van der Waals surface area contributed by atoms with Crippen molar-refractivity contribution in [2.24, 2.45) is 0 Å². The number of nitrogens with one attached hydrogen (secondary N) is 2. The molecule has 1 saturated carbocycles. The molecule has 2 aliphatic rings. The van der Waals surface area contributed by atoms with Crippen LogP contribution < -0.4 is 25.2 Å². The molecule has 0 spiro atoms. The van der Waals surface area contributed by atoms with E-state index in [0.717, 1.165) is 69.0 Å². The number of ether oxygens (including phenoxy) is 1. The first kappa shape index (κ1) is 26.5. The summed E-state index contributed by atoms with van der Waals surface area (Å²) in [7, 11) is 1.68. The van der Waals surface area contributed by atoms with Crippen LogP contribution in [0.5, 0.6) is 5.75 Å². The van der Waals surface area contributed by atoms with Crippen LogP contribution in [-0.4, -0.2) is 51.1 Å². The Morgan fingerprint density at radius 2 is 1.54 bits per heavy atom. The number of anilines is 3. The number of carbonyl (C=O) groups excluding carboxylic acids is 2. The van der Waals surface area contributed by atoms with E-state index in [2.05, 4.69) is 26.5 Å². The van der Waals surface area contributed by atoms with Crippen LogP contribution in [0.3, 0.4) is 0 Å². The molecule has 39 heavy (non-hydrogen) atoms. The van der Waals surface area contributed by atoms with E-state index >= 15 is 0 Å². The predicted molar refractivity (Wildman–Crippen MR) is 153 cm³/mol. The van der Waals surface area contributed by atoms with Crippen LogP contribution in [0.4, 0.5) is 21.5 Å². The van der Waals surface area contributed by atoms with E-state index < -0.39 is 11.7 Å². The second-order valence-corrected chi connectivity index (χ2v) is 10.2. The third-order valence-electron chi connectivity index (χ3n) is 7.57. The van der Waals surface area contributed by atoms with Crippen LogP contribution in [0, 0.1) is 5.82 Å². The first-order valence-corrected chi connectivity index (χ1v) is 13.7. The molecule has 8 heteroatoms. The van der Waals surface area contributed by atoms with Crippen molar-refractivity contribution >= 4 is 28.9 Å². The summed E-state index contributed by atoms with van der Waals surface area (Å²) in [6.07, 6.45) is 5.40. The van der Waals surface area contributed by atoms with Gasteiger partial charge in [-0.25, -0.2) is 4.39 Å². The Balaban J connectivity index is 1.36. The molecule has 0 aromatic heterocycles. The molecule has 3 aromatic rings. The van der Waals surface area contributed by atoms with Gasteiger partial charge >= 0.3 is 0 Å². The Morgan fingerprint density at radius 1 is 0.821 bits per heavy atom. The van der Waals surface area contributed by atoms with E-state index in [-0.39, 0.29) is 17.5 Å². The maximum atomic E-state index is 13.6. The molecule has 7 nitrogen and oxygen atoms in total. The van der Waals surface area contributed by atoms with Gasteiger partial charge in [0, 0.05) is 49.2 Å². The Hall–Kier alpha value is -4.07. The van der Waals surface area contributed by atoms with Gasteiger partial charge < -0.3 is 25.2 Å². The SMILES string of the molecule is COc1ccccc1N1CCN(c2ccc(NC(=O)c3cccc(F)c3)cc2C(=O)NC2CCCCC2)CC1. The topological polar surface area (TPSA) is 73.9 Å². The van der Waals surface area contributed by atoms with Crippen molar-refractivity contribution in [2.45, 2.75) is 38.1 Å². The van der Waals surface area contributed by atoms with Gasteiger partial charge in [0.1, 0.15) is 11.6 Å². The highest BCUT2D eigenvalue weighted by Gasteiger charge is 2.25. The van der Waals surface area contributed by atoms with E-state index in [1.54, 1.807) is 25.3 Å². The second-order valence-electron chi connectivity index (χ2n) is 10.2. The standard InChI is InChI=1S/C31H35FN4O3/c1-39-29-13-6-5-12-28(29)36-18-16-35(17-19-36)27-15-14-25(34-30(37)22-8-7-9-23(32)20-22)21-26(27)31(38)33-24-10-3-2-4-11-24/h5-9,12-15,20-21,24H,2-4,10-11,16-19H2,1H3,(H,33,38)(H,34,37). The van der Waals surface area contributed by atoms with Crippen molar-refractivity contribution in [1.82, 2.24) is 5.32 Å². The maximum Gasteiger partial charge on any atom is 0.255 e. The number of para-hydroxylation sites is 2. The minimum absolute atomic E-state index is 0.133. The summed E-state index contributed by atoms with van der Waals surface area (Å²) >= 11 is 0. The van der Waals surface area contributed by atoms with Crippen molar-refractivity contribution in [2.75, 3.05) is 48.4 Å². The third kappa shape index (κ3) is 6.33. The van der Waals surface area contributed by atoms with Crippen LogP contribution in [0.15, 0.2) is 66.7 Å². The van der Waals surface area contributed by atoms with Gasteiger partial charge in [0.15, 0.2) is 0 Å². The highest BCUT2D eigenvalue weighted by molar-refractivity contribution is 6.06. The van der Waals surface area contributed by atoms with Gasteiger partial charge in [-0.3, -0.25) is 9.59 Å². The molecule has 1 aliphatic carbocycles. The maximum absolute atomic E-state index is 13.6. The number of carbonyl (C=O) groups is 2. The smallest absolute Gasteiger partial charge is 0.255 e. The van der Waals surface area contributed by atoms with Crippen molar-refractivity contribution in [1.29, 1.82) is 0 Å². The molecule has 0 atom stereocenters. The van der Waals surface area contributed by atoms with Gasteiger partial charge in [0.25, 0.3) is 11.8 Å². The molecular weight excluding hydrogens is 495 g/mol. The fraction of sp³-hybridized carbons (Fsp3) is 0.355. The average Bonchev–Trinajstić information content (AvgIpc) is 2.97. The summed E-state index contributed by atoms with van der Waals surface area (Å²) in [5.41, 5.74) is 3.15. The number of halogens is 1. The number of methoxy groups -OCH3 is 1. The molecule has 3 aromatic carbocycles. The summed E-state index contributed by atoms with van der Waals surface area (Å²) < 4.78 is 19.2. The van der Waals surface area contributed by atoms with Crippen LogP contribution in [-0.2, 0) is 0 Å². The van der Waals surface area contributed by atoms with Gasteiger partial charge in [0.2, 0.25) is 0 Å². The number of rotatable bonds is 7. The quantitative estimate of drug-likeness (QED) is 0.424. The lowest BCUT2D eigenvalue weighted by molar-refractivity contribution is 0.0927. The fourth-order valence-electron chi connectivity index (χ4n) is 5.49. The predicted octanol–water partition coefficient (Wildman–Crippen LogP) is 5.48. The van der Waals surface area contributed by atoms with Crippen LogP contribution in [0.2, 0.25) is 0 Å². The second kappa shape index (κ2) is 12.2. The van der Waals surface area contributed by atoms with Crippen LogP contribution in [0.1, 0.15) is 52.8 Å². The Kier molecular flexibility index (Phi) is 8.30. The minimum atomic E-state index is -0.474. The molecule has 0 bridgehead atoms. The zero-order valence-electron chi connectivity index (χ0n) is 22.3. The van der Waals surface area contributed by atoms with Crippen molar-refractivity contribution in [3.63, 3.8) is 0 Å². The number of hydrogen-bond acceptors (Lipinski definition) is 5. The van der Waals surface area contributed by atoms with Crippen molar-refractivity contribution < 1.29 is 18.7 Å². The number of amides is 2. The Bertz CT molecular complexity index is 1320. The molecule has 204 valence electrons. The molecule has 0 radical (unpaired) electrons. The lowest BCUT2D eigenvalue weighted by Gasteiger charge is -2.38. The number of benzene rings is 3. The molecule has 1 saturated heterocycles. The molecule has 0 unspecified atom stereocenters. The lowest BCUT2D eigenvalue weighted by atomic mass is 9.95. The zero-order chi connectivity index (χ0) is 27.2. The number of piperazine rings is 1. The van der Waals surface area contributed by atoms with Gasteiger partial charge in [0.05, 0.1) is 18.4 Å². The van der Waals surface area contributed by atoms with Gasteiger partial charge in [-0.15, -0.1) is 0 Å². The van der Waals surface area contributed by atoms with Crippen LogP contribution in [0.25, 0.3) is 0 Å². The van der Waals surface area contributed by atoms with Crippen LogP contribution >= 0.6 is 0 Å². The van der Waals surface area contributed by atoms with Gasteiger partial charge in [-0.1, -0.05) is 37.5 Å². The monoisotopic (exact) mass is 530 g/mol. The van der Waals surface area contributed by atoms with E-state index in [0.29, 0.717) is 11.3 Å². The average molecular weight is 531 g/mol. The summed E-state index contributed by atoms with van der Waals surface area (Å²) in [6, 6.07) is 19.1. The Morgan fingerprint density at radius 3 is 2.26 bits per heavy atom.